The summed E-state index contributed by atoms with van der Waals surface area (Å²) in [7, 11) is 0. The number of hydrogen-bond acceptors (Lipinski definition) is 2. The number of benzene rings is 24. The topological polar surface area (TPSA) is 16.3 Å². The summed E-state index contributed by atoms with van der Waals surface area (Å²) >= 11 is 0. The lowest BCUT2D eigenvalue weighted by atomic mass is 9.97. The Bertz CT molecular complexity index is 8720. The van der Waals surface area contributed by atoms with Gasteiger partial charge in [0.2, 0.25) is 0 Å². The van der Waals surface area contributed by atoms with Gasteiger partial charge in [0.25, 0.3) is 0 Å². The monoisotopic (exact) mass is 1880 g/mol. The van der Waals surface area contributed by atoms with Crippen LogP contribution in [0.2, 0.25) is 0 Å². The van der Waals surface area contributed by atoms with Crippen molar-refractivity contribution in [2.24, 2.45) is 0 Å². The maximum absolute atomic E-state index is 2.43. The molecule has 0 radical (unpaired) electrons. The maximum Gasteiger partial charge on any atom is 0.0547 e. The number of hydrogen-bond donors (Lipinski definition) is 0. The first kappa shape index (κ1) is 89.8. The summed E-state index contributed by atoms with van der Waals surface area (Å²) in [5.41, 5.74) is 47.0. The van der Waals surface area contributed by atoms with Crippen LogP contribution >= 0.6 is 0 Å². The second-order valence-corrected chi connectivity index (χ2v) is 37.9. The first-order valence-corrected chi connectivity index (χ1v) is 50.8. The SMILES string of the molecule is c1ccc(-c2ccc(-c3ccc(-c4ccc(N(c5ccc(-c6ccc(-c7ccc(-c8ccccc8)cc7)cc6)cc5)c5ccc(-n6c7ccc(-c8ccccc8)cc7c7cc(-c8ccccc8)ccc76)cc5)cc4)cc3)cc2)cc1.c1ccc(-c2ccc(-c3ccc(N(c4ccc(-c5ccc(-c6ccccc6)cc5)cc4)c4ccc(-n5c6ccc(-c7ccccc7)cc6c6ccc(-c7ccccc7)cc65)cc4)cc3)cc2)cc1. The number of rotatable bonds is 22. The highest BCUT2D eigenvalue weighted by Gasteiger charge is 2.23. The molecule has 0 fully saturated rings. The van der Waals surface area contributed by atoms with Crippen LogP contribution < -0.4 is 9.80 Å². The second kappa shape index (κ2) is 40.5. The molecule has 696 valence electrons. The number of fused-ring (bicyclic) bond motifs is 6. The summed E-state index contributed by atoms with van der Waals surface area (Å²) in [5, 5.41) is 4.91. The zero-order valence-corrected chi connectivity index (χ0v) is 81.5. The van der Waals surface area contributed by atoms with E-state index < -0.39 is 0 Å². The van der Waals surface area contributed by atoms with Crippen molar-refractivity contribution in [2.45, 2.75) is 0 Å². The van der Waals surface area contributed by atoms with Gasteiger partial charge in [0.1, 0.15) is 0 Å². The molecule has 26 rings (SSSR count). The molecule has 2 heterocycles. The average molecular weight is 1890 g/mol. The normalized spacial score (nSPS) is 11.2. The van der Waals surface area contributed by atoms with E-state index in [2.05, 4.69) is 626 Å². The van der Waals surface area contributed by atoms with Gasteiger partial charge in [-0.15, -0.1) is 0 Å². The van der Waals surface area contributed by atoms with Gasteiger partial charge < -0.3 is 18.9 Å². The fourth-order valence-electron chi connectivity index (χ4n) is 21.1. The van der Waals surface area contributed by atoms with Crippen LogP contribution in [-0.2, 0) is 0 Å². The molecule has 148 heavy (non-hydrogen) atoms. The van der Waals surface area contributed by atoms with E-state index in [1.165, 1.54) is 188 Å². The molecule has 0 unspecified atom stereocenters. The van der Waals surface area contributed by atoms with Crippen molar-refractivity contribution in [1.29, 1.82) is 0 Å². The van der Waals surface area contributed by atoms with Gasteiger partial charge >= 0.3 is 0 Å². The molecular weight excluding hydrogens is 1790 g/mol. The minimum Gasteiger partial charge on any atom is -0.311 e. The molecule has 0 spiro atoms. The highest BCUT2D eigenvalue weighted by molar-refractivity contribution is 6.13. The summed E-state index contributed by atoms with van der Waals surface area (Å²) in [4.78, 5) is 4.73. The molecule has 0 bridgehead atoms. The van der Waals surface area contributed by atoms with Gasteiger partial charge in [0.15, 0.2) is 0 Å². The number of anilines is 6. The molecule has 0 aliphatic rings. The molecule has 0 aliphatic carbocycles. The van der Waals surface area contributed by atoms with E-state index in [-0.39, 0.29) is 0 Å². The van der Waals surface area contributed by atoms with Crippen LogP contribution in [0.1, 0.15) is 0 Å². The standard InChI is InChI=1S/C78H54N2.C66H46N2/c1-5-13-55(14-6-1)59-21-25-61(26-22-59)63-29-33-65(34-30-63)67-37-43-71(44-38-67)79(72-45-39-68(40-46-72)66-35-31-64(32-36-66)62-27-23-60(24-28-62)56-15-7-2-8-16-56)73-47-49-74(50-48-73)80-77-51-41-69(57-17-9-3-10-18-57)53-75(77)76-54-70(42-52-78(76)80)58-19-11-4-12-20-58;1-5-13-47(14-6-1)51-21-25-53(26-22-51)55-29-35-59(36-30-55)67(60-37-31-56(32-38-60)54-27-23-52(24-28-54)48-15-7-2-8-16-48)61-39-41-62(42-40-61)68-65-44-34-57(49-17-9-3-10-18-49)45-64(65)63-43-33-58(46-66(63)68)50-19-11-4-12-20-50/h1-54H;1-46H. The van der Waals surface area contributed by atoms with Crippen LogP contribution in [0, 0.1) is 0 Å². The Hall–Kier alpha value is -19.5. The first-order chi connectivity index (χ1) is 73.3. The lowest BCUT2D eigenvalue weighted by molar-refractivity contribution is 1.17. The average Bonchev–Trinajstić information content (AvgIpc) is 1.59. The molecule has 0 atom stereocenters. The molecule has 0 N–H and O–H groups in total. The van der Waals surface area contributed by atoms with Crippen molar-refractivity contribution in [1.82, 2.24) is 9.13 Å². The Morgan fingerprint density at radius 2 is 0.230 bits per heavy atom. The Morgan fingerprint density at radius 3 is 0.426 bits per heavy atom. The molecule has 24 aromatic carbocycles. The van der Waals surface area contributed by atoms with Gasteiger partial charge in [-0.2, -0.15) is 0 Å². The molecule has 0 aliphatic heterocycles. The van der Waals surface area contributed by atoms with E-state index >= 15 is 0 Å². The Kier molecular flexibility index (Phi) is 24.6. The predicted molar refractivity (Wildman–Crippen MR) is 627 cm³/mol. The molecule has 0 saturated carbocycles. The summed E-state index contributed by atoms with van der Waals surface area (Å²) in [6, 6.07) is 220. The van der Waals surface area contributed by atoms with Crippen LogP contribution in [0.3, 0.4) is 0 Å². The zero-order chi connectivity index (χ0) is 98.4. The highest BCUT2D eigenvalue weighted by Crippen LogP contribution is 2.46. The molecular formula is C144H100N4. The summed E-state index contributed by atoms with van der Waals surface area (Å²) in [6.07, 6.45) is 0. The quantitative estimate of drug-likeness (QED) is 0.0672. The maximum atomic E-state index is 2.43. The van der Waals surface area contributed by atoms with Gasteiger partial charge in [-0.25, -0.2) is 0 Å². The van der Waals surface area contributed by atoms with E-state index in [0.717, 1.165) is 56.6 Å². The number of nitrogens with zero attached hydrogens (tertiary/aromatic N) is 4. The van der Waals surface area contributed by atoms with Crippen molar-refractivity contribution >= 4 is 77.7 Å². The number of aromatic nitrogens is 2. The lowest BCUT2D eigenvalue weighted by Gasteiger charge is -2.26. The Morgan fingerprint density at radius 1 is 0.0946 bits per heavy atom. The van der Waals surface area contributed by atoms with Crippen LogP contribution in [0.25, 0.3) is 211 Å². The van der Waals surface area contributed by atoms with E-state index in [9.17, 15) is 0 Å². The third-order valence-electron chi connectivity index (χ3n) is 28.9. The minimum atomic E-state index is 1.07. The largest absolute Gasteiger partial charge is 0.311 e. The van der Waals surface area contributed by atoms with Gasteiger partial charge in [-0.05, 0) is 295 Å². The molecule has 4 heteroatoms. The molecule has 0 saturated heterocycles. The van der Waals surface area contributed by atoms with Crippen molar-refractivity contribution in [2.75, 3.05) is 9.80 Å². The summed E-state index contributed by atoms with van der Waals surface area (Å²) in [5.74, 6) is 0. The fourth-order valence-corrected chi connectivity index (χ4v) is 21.1. The summed E-state index contributed by atoms with van der Waals surface area (Å²) < 4.78 is 4.84. The zero-order valence-electron chi connectivity index (χ0n) is 81.5. The molecule has 26 aromatic rings. The van der Waals surface area contributed by atoms with Gasteiger partial charge in [-0.1, -0.05) is 467 Å². The van der Waals surface area contributed by atoms with Crippen LogP contribution in [0.5, 0.6) is 0 Å². The van der Waals surface area contributed by atoms with Crippen LogP contribution in [-0.4, -0.2) is 9.13 Å². The highest BCUT2D eigenvalue weighted by atomic mass is 15.1. The Balaban J connectivity index is 0.000000156. The van der Waals surface area contributed by atoms with Gasteiger partial charge in [0.05, 0.1) is 22.1 Å². The molecule has 2 aromatic heterocycles. The fraction of sp³-hybridized carbons (Fsp3) is 0. The van der Waals surface area contributed by atoms with E-state index in [0.29, 0.717) is 0 Å². The minimum absolute atomic E-state index is 1.07. The second-order valence-electron chi connectivity index (χ2n) is 37.9. The van der Waals surface area contributed by atoms with Crippen LogP contribution in [0.4, 0.5) is 34.1 Å². The third kappa shape index (κ3) is 18.5. The smallest absolute Gasteiger partial charge is 0.0547 e. The van der Waals surface area contributed by atoms with Crippen molar-refractivity contribution < 1.29 is 0 Å². The van der Waals surface area contributed by atoms with E-state index in [1.807, 2.05) is 0 Å². The van der Waals surface area contributed by atoms with Gasteiger partial charge in [0, 0.05) is 67.0 Å². The molecule has 4 nitrogen and oxygen atoms in total. The van der Waals surface area contributed by atoms with E-state index in [1.54, 1.807) is 0 Å². The van der Waals surface area contributed by atoms with Crippen molar-refractivity contribution in [3.63, 3.8) is 0 Å². The summed E-state index contributed by atoms with van der Waals surface area (Å²) in [6.45, 7) is 0. The van der Waals surface area contributed by atoms with Gasteiger partial charge in [-0.3, -0.25) is 0 Å². The lowest BCUT2D eigenvalue weighted by Crippen LogP contribution is -2.10. The van der Waals surface area contributed by atoms with Crippen molar-refractivity contribution in [3.8, 4) is 167 Å². The van der Waals surface area contributed by atoms with Crippen molar-refractivity contribution in [3.05, 3.63) is 607 Å². The van der Waals surface area contributed by atoms with E-state index in [4.69, 9.17) is 0 Å². The third-order valence-corrected chi connectivity index (χ3v) is 28.9. The first-order valence-electron chi connectivity index (χ1n) is 50.8. The predicted octanol–water partition coefficient (Wildman–Crippen LogP) is 39.8. The van der Waals surface area contributed by atoms with Crippen LogP contribution in [0.15, 0.2) is 607 Å². The molecule has 0 amide bonds. The Labute approximate surface area is 864 Å².